The summed E-state index contributed by atoms with van der Waals surface area (Å²) in [6, 6.07) is 6.30. The first-order valence-electron chi connectivity index (χ1n) is 3.81. The third-order valence-corrected chi connectivity index (χ3v) is 2.59. The second-order valence-corrected chi connectivity index (χ2v) is 4.36. The van der Waals surface area contributed by atoms with Crippen molar-refractivity contribution in [3.05, 3.63) is 24.3 Å². The molecule has 0 heterocycles. The van der Waals surface area contributed by atoms with Gasteiger partial charge in [0.1, 0.15) is 5.75 Å². The summed E-state index contributed by atoms with van der Waals surface area (Å²) in [5, 5.41) is 0. The third kappa shape index (κ3) is 2.95. The standard InChI is InChI=1S/C8H11NO3S/c1-2-13(10,11)12-8-5-3-4-7(9)6-8/h3-6H,2,9H2,1H3. The molecule has 0 aliphatic carbocycles. The lowest BCUT2D eigenvalue weighted by Crippen LogP contribution is -2.11. The van der Waals surface area contributed by atoms with E-state index in [9.17, 15) is 8.42 Å². The van der Waals surface area contributed by atoms with Crippen molar-refractivity contribution in [3.8, 4) is 5.75 Å². The largest absolute Gasteiger partial charge is 0.399 e. The molecule has 1 aromatic carbocycles. The average Bonchev–Trinajstić information content (AvgIpc) is 2.03. The van der Waals surface area contributed by atoms with Crippen molar-refractivity contribution >= 4 is 15.8 Å². The molecular formula is C8H11NO3S. The van der Waals surface area contributed by atoms with Crippen molar-refractivity contribution in [2.24, 2.45) is 0 Å². The van der Waals surface area contributed by atoms with Crippen LogP contribution < -0.4 is 9.92 Å². The Bertz CT molecular complexity index is 386. The summed E-state index contributed by atoms with van der Waals surface area (Å²) in [6.45, 7) is 1.52. The Balaban J connectivity index is 2.87. The predicted octanol–water partition coefficient (Wildman–Crippen LogP) is 0.997. The average molecular weight is 201 g/mol. The molecule has 13 heavy (non-hydrogen) atoms. The van der Waals surface area contributed by atoms with E-state index in [1.807, 2.05) is 0 Å². The monoisotopic (exact) mass is 201 g/mol. The maximum atomic E-state index is 11.0. The summed E-state index contributed by atoms with van der Waals surface area (Å²) in [6.07, 6.45) is 0. The van der Waals surface area contributed by atoms with Crippen LogP contribution in [-0.2, 0) is 10.1 Å². The molecule has 2 N–H and O–H groups in total. The normalized spacial score (nSPS) is 11.2. The number of benzene rings is 1. The molecule has 0 fully saturated rings. The summed E-state index contributed by atoms with van der Waals surface area (Å²) in [5.41, 5.74) is 5.92. The van der Waals surface area contributed by atoms with Crippen LogP contribution in [0.5, 0.6) is 5.75 Å². The molecule has 0 bridgehead atoms. The van der Waals surface area contributed by atoms with Crippen molar-refractivity contribution in [2.45, 2.75) is 6.92 Å². The summed E-state index contributed by atoms with van der Waals surface area (Å²) >= 11 is 0. The Labute approximate surface area is 77.4 Å². The van der Waals surface area contributed by atoms with Gasteiger partial charge in [0.15, 0.2) is 0 Å². The van der Waals surface area contributed by atoms with E-state index in [-0.39, 0.29) is 11.5 Å². The van der Waals surface area contributed by atoms with E-state index in [0.29, 0.717) is 5.69 Å². The topological polar surface area (TPSA) is 69.4 Å². The number of nitrogen functional groups attached to an aromatic ring is 1. The summed E-state index contributed by atoms with van der Waals surface area (Å²) < 4.78 is 26.8. The van der Waals surface area contributed by atoms with Gasteiger partial charge in [-0.05, 0) is 19.1 Å². The molecule has 5 heteroatoms. The first-order valence-corrected chi connectivity index (χ1v) is 5.39. The van der Waals surface area contributed by atoms with E-state index in [1.54, 1.807) is 18.2 Å². The van der Waals surface area contributed by atoms with E-state index in [4.69, 9.17) is 9.92 Å². The lowest BCUT2D eigenvalue weighted by molar-refractivity contribution is 0.487. The highest BCUT2D eigenvalue weighted by Gasteiger charge is 2.08. The Morgan fingerprint density at radius 3 is 2.69 bits per heavy atom. The second kappa shape index (κ2) is 3.66. The highest BCUT2D eigenvalue weighted by molar-refractivity contribution is 7.87. The maximum Gasteiger partial charge on any atom is 0.308 e. The molecule has 0 radical (unpaired) electrons. The zero-order chi connectivity index (χ0) is 9.90. The molecule has 0 aliphatic heterocycles. The number of nitrogens with two attached hydrogens (primary N) is 1. The van der Waals surface area contributed by atoms with Crippen LogP contribution in [0.2, 0.25) is 0 Å². The molecule has 1 rings (SSSR count). The van der Waals surface area contributed by atoms with Crippen molar-refractivity contribution in [2.75, 3.05) is 11.5 Å². The van der Waals surface area contributed by atoms with E-state index < -0.39 is 10.1 Å². The lowest BCUT2D eigenvalue weighted by Gasteiger charge is -2.04. The summed E-state index contributed by atoms with van der Waals surface area (Å²) in [4.78, 5) is 0. The van der Waals surface area contributed by atoms with Gasteiger partial charge in [-0.25, -0.2) is 0 Å². The van der Waals surface area contributed by atoms with E-state index >= 15 is 0 Å². The highest BCUT2D eigenvalue weighted by atomic mass is 32.2. The summed E-state index contributed by atoms with van der Waals surface area (Å²) in [5.74, 6) is 0.198. The van der Waals surface area contributed by atoms with Gasteiger partial charge in [-0.3, -0.25) is 0 Å². The van der Waals surface area contributed by atoms with Crippen molar-refractivity contribution in [3.63, 3.8) is 0 Å². The quantitative estimate of drug-likeness (QED) is 0.585. The first-order chi connectivity index (χ1) is 6.03. The van der Waals surface area contributed by atoms with Gasteiger partial charge >= 0.3 is 10.1 Å². The Hall–Kier alpha value is -1.23. The molecule has 0 saturated carbocycles. The van der Waals surface area contributed by atoms with Gasteiger partial charge in [-0.2, -0.15) is 8.42 Å². The van der Waals surface area contributed by atoms with Gasteiger partial charge in [0.05, 0.1) is 5.75 Å². The zero-order valence-electron chi connectivity index (χ0n) is 7.23. The van der Waals surface area contributed by atoms with Crippen LogP contribution in [0.1, 0.15) is 6.92 Å². The Morgan fingerprint density at radius 2 is 2.15 bits per heavy atom. The van der Waals surface area contributed by atoms with Gasteiger partial charge in [-0.1, -0.05) is 6.07 Å². The maximum absolute atomic E-state index is 11.0. The smallest absolute Gasteiger partial charge is 0.308 e. The Kier molecular flexibility index (Phi) is 2.77. The van der Waals surface area contributed by atoms with Crippen LogP contribution in [0.15, 0.2) is 24.3 Å². The van der Waals surface area contributed by atoms with Crippen molar-refractivity contribution in [1.82, 2.24) is 0 Å². The molecule has 4 nitrogen and oxygen atoms in total. The van der Waals surface area contributed by atoms with E-state index in [2.05, 4.69) is 0 Å². The van der Waals surface area contributed by atoms with E-state index in [0.717, 1.165) is 0 Å². The number of rotatable bonds is 3. The minimum atomic E-state index is -3.44. The number of hydrogen-bond donors (Lipinski definition) is 1. The molecular weight excluding hydrogens is 190 g/mol. The highest BCUT2D eigenvalue weighted by Crippen LogP contribution is 2.16. The van der Waals surface area contributed by atoms with Gasteiger partial charge in [0.25, 0.3) is 0 Å². The SMILES string of the molecule is CCS(=O)(=O)Oc1cccc(N)c1. The molecule has 0 atom stereocenters. The second-order valence-electron chi connectivity index (χ2n) is 2.50. The van der Waals surface area contributed by atoms with Gasteiger partial charge in [-0.15, -0.1) is 0 Å². The molecule has 0 spiro atoms. The fraction of sp³-hybridized carbons (Fsp3) is 0.250. The molecule has 0 aromatic heterocycles. The molecule has 0 aliphatic rings. The zero-order valence-corrected chi connectivity index (χ0v) is 8.04. The van der Waals surface area contributed by atoms with Crippen LogP contribution in [0.25, 0.3) is 0 Å². The predicted molar refractivity (Wildman–Crippen MR) is 50.9 cm³/mol. The minimum absolute atomic E-state index is 0.0538. The van der Waals surface area contributed by atoms with Crippen LogP contribution in [-0.4, -0.2) is 14.2 Å². The first kappa shape index (κ1) is 9.85. The van der Waals surface area contributed by atoms with Crippen molar-refractivity contribution < 1.29 is 12.6 Å². The molecule has 0 unspecified atom stereocenters. The molecule has 0 saturated heterocycles. The summed E-state index contributed by atoms with van der Waals surface area (Å²) in [7, 11) is -3.44. The molecule has 72 valence electrons. The third-order valence-electron chi connectivity index (χ3n) is 1.43. The van der Waals surface area contributed by atoms with E-state index in [1.165, 1.54) is 13.0 Å². The molecule has 1 aromatic rings. The fourth-order valence-corrected chi connectivity index (χ4v) is 1.29. The van der Waals surface area contributed by atoms with Gasteiger partial charge in [0, 0.05) is 11.8 Å². The van der Waals surface area contributed by atoms with Crippen LogP contribution in [0.4, 0.5) is 5.69 Å². The van der Waals surface area contributed by atoms with Crippen LogP contribution in [0, 0.1) is 0 Å². The Morgan fingerprint density at radius 1 is 1.46 bits per heavy atom. The van der Waals surface area contributed by atoms with Gasteiger partial charge < -0.3 is 9.92 Å². The minimum Gasteiger partial charge on any atom is -0.399 e. The van der Waals surface area contributed by atoms with Crippen LogP contribution >= 0.6 is 0 Å². The lowest BCUT2D eigenvalue weighted by atomic mass is 10.3. The van der Waals surface area contributed by atoms with Crippen molar-refractivity contribution in [1.29, 1.82) is 0 Å². The molecule has 0 amide bonds. The fourth-order valence-electron chi connectivity index (χ4n) is 0.772. The number of anilines is 1. The van der Waals surface area contributed by atoms with Gasteiger partial charge in [0.2, 0.25) is 0 Å². The number of hydrogen-bond acceptors (Lipinski definition) is 4. The van der Waals surface area contributed by atoms with Crippen LogP contribution in [0.3, 0.4) is 0 Å².